The number of aromatic hydroxyl groups is 1. The molecule has 1 atom stereocenters. The lowest BCUT2D eigenvalue weighted by atomic mass is 9.88. The molecular weight excluding hydrogens is 390 g/mol. The monoisotopic (exact) mass is 425 g/mol. The van der Waals surface area contributed by atoms with Gasteiger partial charge in [-0.25, -0.2) is 4.79 Å². The number of hydrogen-bond donors (Lipinski definition) is 2. The number of amides is 2. The molecular formula is C25H35N3O3. The molecule has 3 rings (SSSR count). The number of urea groups is 1. The van der Waals surface area contributed by atoms with Gasteiger partial charge < -0.3 is 20.1 Å². The summed E-state index contributed by atoms with van der Waals surface area (Å²) in [6.07, 6.45) is 0.688. The molecule has 0 fully saturated rings. The van der Waals surface area contributed by atoms with Crippen molar-refractivity contribution >= 4 is 6.03 Å². The summed E-state index contributed by atoms with van der Waals surface area (Å²) in [4.78, 5) is 17.5. The van der Waals surface area contributed by atoms with E-state index in [1.807, 2.05) is 41.3 Å². The van der Waals surface area contributed by atoms with Crippen molar-refractivity contribution in [1.29, 1.82) is 0 Å². The van der Waals surface area contributed by atoms with Crippen LogP contribution in [-0.4, -0.2) is 59.8 Å². The Morgan fingerprint density at radius 1 is 1.19 bits per heavy atom. The number of carbonyl (C=O) groups excluding carboxylic acids is 1. The van der Waals surface area contributed by atoms with Crippen molar-refractivity contribution in [3.05, 3.63) is 59.2 Å². The molecule has 0 saturated carbocycles. The van der Waals surface area contributed by atoms with Crippen LogP contribution in [0.3, 0.4) is 0 Å². The number of phenolic OH excluding ortho intramolecular Hbond substituents is 1. The molecule has 6 heteroatoms. The summed E-state index contributed by atoms with van der Waals surface area (Å²) in [5.74, 6) is 0.555. The Labute approximate surface area is 185 Å². The van der Waals surface area contributed by atoms with Crippen molar-refractivity contribution in [2.24, 2.45) is 0 Å². The minimum Gasteiger partial charge on any atom is -0.504 e. The molecule has 2 aromatic carbocycles. The minimum absolute atomic E-state index is 0.0704. The van der Waals surface area contributed by atoms with Gasteiger partial charge in [0.05, 0.1) is 13.2 Å². The van der Waals surface area contributed by atoms with E-state index in [-0.39, 0.29) is 17.8 Å². The fourth-order valence-corrected chi connectivity index (χ4v) is 4.52. The molecule has 0 saturated heterocycles. The summed E-state index contributed by atoms with van der Waals surface area (Å²) < 4.78 is 5.35. The lowest BCUT2D eigenvalue weighted by molar-refractivity contribution is 0.162. The Balaban J connectivity index is 1.85. The van der Waals surface area contributed by atoms with Gasteiger partial charge in [0.15, 0.2) is 11.5 Å². The van der Waals surface area contributed by atoms with Crippen LogP contribution < -0.4 is 10.1 Å². The summed E-state index contributed by atoms with van der Waals surface area (Å²) in [6, 6.07) is 14.2. The molecule has 6 nitrogen and oxygen atoms in total. The zero-order chi connectivity index (χ0) is 22.5. The average molecular weight is 426 g/mol. The fourth-order valence-electron chi connectivity index (χ4n) is 4.52. The Bertz CT molecular complexity index is 875. The van der Waals surface area contributed by atoms with Crippen molar-refractivity contribution in [3.8, 4) is 11.5 Å². The van der Waals surface area contributed by atoms with Crippen molar-refractivity contribution in [2.45, 2.75) is 52.2 Å². The van der Waals surface area contributed by atoms with E-state index in [2.05, 4.69) is 37.9 Å². The average Bonchev–Trinajstić information content (AvgIpc) is 2.75. The molecule has 0 spiro atoms. The SMILES string of the molecule is COc1cc2c(cc1O)CCN(C(=O)NCCN(C(C)C)C(C)C)C2c1ccccc1. The van der Waals surface area contributed by atoms with Gasteiger partial charge in [-0.3, -0.25) is 4.90 Å². The van der Waals surface area contributed by atoms with Crippen LogP contribution in [0.15, 0.2) is 42.5 Å². The van der Waals surface area contributed by atoms with Gasteiger partial charge >= 0.3 is 6.03 Å². The Hall–Kier alpha value is -2.73. The number of nitrogens with zero attached hydrogens (tertiary/aromatic N) is 2. The Kier molecular flexibility index (Phi) is 7.44. The van der Waals surface area contributed by atoms with Gasteiger partial charge in [0.25, 0.3) is 0 Å². The van der Waals surface area contributed by atoms with E-state index in [4.69, 9.17) is 4.74 Å². The van der Waals surface area contributed by atoms with Gasteiger partial charge in [0.2, 0.25) is 0 Å². The third kappa shape index (κ3) is 5.13. The molecule has 0 aromatic heterocycles. The van der Waals surface area contributed by atoms with E-state index in [1.54, 1.807) is 13.2 Å². The summed E-state index contributed by atoms with van der Waals surface area (Å²) in [5, 5.41) is 13.4. The van der Waals surface area contributed by atoms with Gasteiger partial charge in [-0.05, 0) is 62.9 Å². The third-order valence-electron chi connectivity index (χ3n) is 6.02. The third-order valence-corrected chi connectivity index (χ3v) is 6.02. The van der Waals surface area contributed by atoms with Crippen LogP contribution in [0, 0.1) is 0 Å². The minimum atomic E-state index is -0.231. The van der Waals surface area contributed by atoms with E-state index < -0.39 is 0 Å². The highest BCUT2D eigenvalue weighted by Gasteiger charge is 2.33. The highest BCUT2D eigenvalue weighted by atomic mass is 16.5. The van der Waals surface area contributed by atoms with Crippen LogP contribution in [0.25, 0.3) is 0 Å². The van der Waals surface area contributed by atoms with E-state index in [0.29, 0.717) is 37.3 Å². The lowest BCUT2D eigenvalue weighted by Crippen LogP contribution is -2.49. The standard InChI is InChI=1S/C25H35N3O3/c1-17(2)27(18(3)4)14-12-26-25(30)28-13-11-20-15-22(29)23(31-5)16-21(20)24(28)19-9-7-6-8-10-19/h6-10,15-18,24,29H,11-14H2,1-5H3,(H,26,30). The zero-order valence-electron chi connectivity index (χ0n) is 19.3. The van der Waals surface area contributed by atoms with E-state index in [9.17, 15) is 9.90 Å². The molecule has 2 aromatic rings. The molecule has 31 heavy (non-hydrogen) atoms. The molecule has 2 N–H and O–H groups in total. The Morgan fingerprint density at radius 2 is 1.87 bits per heavy atom. The molecule has 1 aliphatic rings. The summed E-state index contributed by atoms with van der Waals surface area (Å²) in [7, 11) is 1.54. The lowest BCUT2D eigenvalue weighted by Gasteiger charge is -2.38. The normalized spacial score (nSPS) is 16.0. The van der Waals surface area contributed by atoms with Crippen LogP contribution >= 0.6 is 0 Å². The topological polar surface area (TPSA) is 65.0 Å². The predicted octanol–water partition coefficient (Wildman–Crippen LogP) is 4.18. The predicted molar refractivity (Wildman–Crippen MR) is 124 cm³/mol. The van der Waals surface area contributed by atoms with Gasteiger partial charge in [-0.2, -0.15) is 0 Å². The highest BCUT2D eigenvalue weighted by molar-refractivity contribution is 5.76. The molecule has 0 aliphatic carbocycles. The smallest absolute Gasteiger partial charge is 0.318 e. The number of fused-ring (bicyclic) bond motifs is 1. The van der Waals surface area contributed by atoms with Crippen LogP contribution in [0.2, 0.25) is 0 Å². The van der Waals surface area contributed by atoms with Crippen molar-refractivity contribution in [2.75, 3.05) is 26.7 Å². The maximum atomic E-state index is 13.2. The number of rotatable bonds is 7. The number of methoxy groups -OCH3 is 1. The first-order valence-corrected chi connectivity index (χ1v) is 11.1. The maximum absolute atomic E-state index is 13.2. The zero-order valence-corrected chi connectivity index (χ0v) is 19.3. The first-order valence-electron chi connectivity index (χ1n) is 11.1. The molecule has 168 valence electrons. The van der Waals surface area contributed by atoms with Crippen LogP contribution in [0.5, 0.6) is 11.5 Å². The van der Waals surface area contributed by atoms with E-state index in [0.717, 1.165) is 23.2 Å². The highest BCUT2D eigenvalue weighted by Crippen LogP contribution is 2.40. The van der Waals surface area contributed by atoms with E-state index >= 15 is 0 Å². The van der Waals surface area contributed by atoms with Crippen molar-refractivity contribution in [3.63, 3.8) is 0 Å². The molecule has 1 aliphatic heterocycles. The summed E-state index contributed by atoms with van der Waals surface area (Å²) in [5.41, 5.74) is 3.08. The van der Waals surface area contributed by atoms with Crippen LogP contribution in [-0.2, 0) is 6.42 Å². The fraction of sp³-hybridized carbons (Fsp3) is 0.480. The second-order valence-electron chi connectivity index (χ2n) is 8.64. The van der Waals surface area contributed by atoms with Gasteiger partial charge in [0, 0.05) is 31.7 Å². The number of benzene rings is 2. The first kappa shape index (κ1) is 22.9. The number of phenols is 1. The molecule has 1 heterocycles. The van der Waals surface area contributed by atoms with Gasteiger partial charge in [-0.1, -0.05) is 30.3 Å². The molecule has 2 amide bonds. The van der Waals surface area contributed by atoms with Crippen molar-refractivity contribution in [1.82, 2.24) is 15.1 Å². The first-order chi connectivity index (χ1) is 14.8. The van der Waals surface area contributed by atoms with Crippen molar-refractivity contribution < 1.29 is 14.6 Å². The van der Waals surface area contributed by atoms with Gasteiger partial charge in [0.1, 0.15) is 0 Å². The summed E-state index contributed by atoms with van der Waals surface area (Å²) in [6.45, 7) is 10.7. The number of ether oxygens (including phenoxy) is 1. The quantitative estimate of drug-likeness (QED) is 0.699. The molecule has 0 bridgehead atoms. The Morgan fingerprint density at radius 3 is 2.48 bits per heavy atom. The second-order valence-corrected chi connectivity index (χ2v) is 8.64. The second kappa shape index (κ2) is 10.1. The largest absolute Gasteiger partial charge is 0.504 e. The number of hydrogen-bond acceptors (Lipinski definition) is 4. The van der Waals surface area contributed by atoms with Crippen LogP contribution in [0.4, 0.5) is 4.79 Å². The van der Waals surface area contributed by atoms with Crippen LogP contribution in [0.1, 0.15) is 50.4 Å². The summed E-state index contributed by atoms with van der Waals surface area (Å²) >= 11 is 0. The molecule has 1 unspecified atom stereocenters. The number of nitrogens with one attached hydrogen (secondary N) is 1. The number of carbonyl (C=O) groups is 1. The molecule has 0 radical (unpaired) electrons. The maximum Gasteiger partial charge on any atom is 0.318 e. The van der Waals surface area contributed by atoms with E-state index in [1.165, 1.54) is 0 Å². The van der Waals surface area contributed by atoms with Gasteiger partial charge in [-0.15, -0.1) is 0 Å².